The Bertz CT molecular complexity index is 603. The van der Waals surface area contributed by atoms with Gasteiger partial charge in [-0.1, -0.05) is 44.2 Å². The van der Waals surface area contributed by atoms with Gasteiger partial charge in [0.15, 0.2) is 0 Å². The lowest BCUT2D eigenvalue weighted by Crippen LogP contribution is -2.44. The highest BCUT2D eigenvalue weighted by Crippen LogP contribution is 2.14. The minimum absolute atomic E-state index is 0.0717. The molecular formula is C17H23N3O4. The smallest absolute Gasteiger partial charge is 0.325 e. The number of nitrogens with one attached hydrogen (secondary N) is 2. The van der Waals surface area contributed by atoms with E-state index >= 15 is 0 Å². The molecule has 0 aromatic heterocycles. The maximum absolute atomic E-state index is 12.4. The van der Waals surface area contributed by atoms with Crippen molar-refractivity contribution in [2.75, 3.05) is 6.61 Å². The maximum atomic E-state index is 12.4. The van der Waals surface area contributed by atoms with E-state index in [0.29, 0.717) is 0 Å². The Hall–Kier alpha value is -2.41. The monoisotopic (exact) mass is 333 g/mol. The zero-order valence-electron chi connectivity index (χ0n) is 13.9. The van der Waals surface area contributed by atoms with Gasteiger partial charge < -0.3 is 15.7 Å². The fourth-order valence-corrected chi connectivity index (χ4v) is 2.51. The Balaban J connectivity index is 1.94. The van der Waals surface area contributed by atoms with Gasteiger partial charge in [0.25, 0.3) is 5.91 Å². The lowest BCUT2D eigenvalue weighted by Gasteiger charge is -2.20. The zero-order chi connectivity index (χ0) is 17.7. The van der Waals surface area contributed by atoms with E-state index in [0.717, 1.165) is 10.5 Å². The number of benzene rings is 1. The summed E-state index contributed by atoms with van der Waals surface area (Å²) < 4.78 is 0. The van der Waals surface area contributed by atoms with Crippen LogP contribution in [0, 0.1) is 5.92 Å². The zero-order valence-corrected chi connectivity index (χ0v) is 13.9. The lowest BCUT2D eigenvalue weighted by atomic mass is 10.0. The molecule has 2 atom stereocenters. The second-order valence-electron chi connectivity index (χ2n) is 6.22. The highest BCUT2D eigenvalue weighted by atomic mass is 16.3. The van der Waals surface area contributed by atoms with Crippen molar-refractivity contribution in [2.45, 2.75) is 38.9 Å². The van der Waals surface area contributed by atoms with Gasteiger partial charge in [0.05, 0.1) is 25.6 Å². The molecule has 0 saturated carbocycles. The quantitative estimate of drug-likeness (QED) is 0.637. The van der Waals surface area contributed by atoms with Crippen LogP contribution < -0.4 is 10.6 Å². The largest absolute Gasteiger partial charge is 0.394 e. The molecule has 1 aliphatic heterocycles. The van der Waals surface area contributed by atoms with Gasteiger partial charge in [0.2, 0.25) is 5.91 Å². The van der Waals surface area contributed by atoms with Crippen LogP contribution in [0.5, 0.6) is 0 Å². The standard InChI is InChI=1S/C17H23N3O4/c1-11(2)14(10-21)18-15(22)8-13-16(23)20(17(24)19-13)9-12-6-4-3-5-7-12/h3-7,11,13-14,21H,8-10H2,1-2H3,(H,18,22)(H,19,24)/t13-,14-/m0/s1. The summed E-state index contributed by atoms with van der Waals surface area (Å²) in [6.07, 6.45) is -0.140. The van der Waals surface area contributed by atoms with Gasteiger partial charge in [-0.05, 0) is 11.5 Å². The number of rotatable bonds is 7. The van der Waals surface area contributed by atoms with Crippen molar-refractivity contribution in [2.24, 2.45) is 5.92 Å². The van der Waals surface area contributed by atoms with Gasteiger partial charge >= 0.3 is 6.03 Å². The number of hydrogen-bond acceptors (Lipinski definition) is 4. The molecule has 3 N–H and O–H groups in total. The first-order chi connectivity index (χ1) is 11.4. The molecule has 130 valence electrons. The van der Waals surface area contributed by atoms with E-state index in [-0.39, 0.29) is 37.4 Å². The molecule has 0 bridgehead atoms. The van der Waals surface area contributed by atoms with Crippen LogP contribution in [0.25, 0.3) is 0 Å². The van der Waals surface area contributed by atoms with Crippen LogP contribution in [0.2, 0.25) is 0 Å². The van der Waals surface area contributed by atoms with Gasteiger partial charge in [-0.2, -0.15) is 0 Å². The third-order valence-electron chi connectivity index (χ3n) is 4.03. The Morgan fingerprint density at radius 1 is 1.29 bits per heavy atom. The van der Waals surface area contributed by atoms with E-state index in [1.807, 2.05) is 44.2 Å². The van der Waals surface area contributed by atoms with Crippen LogP contribution in [0.15, 0.2) is 30.3 Å². The number of imide groups is 1. The van der Waals surface area contributed by atoms with Crippen molar-refractivity contribution in [3.8, 4) is 0 Å². The molecule has 0 radical (unpaired) electrons. The SMILES string of the molecule is CC(C)[C@H](CO)NC(=O)C[C@@H]1NC(=O)N(Cc2ccccc2)C1=O. The average Bonchev–Trinajstić information content (AvgIpc) is 2.81. The van der Waals surface area contributed by atoms with E-state index in [4.69, 9.17) is 0 Å². The van der Waals surface area contributed by atoms with E-state index in [1.54, 1.807) is 0 Å². The Kier molecular flexibility index (Phi) is 5.92. The van der Waals surface area contributed by atoms with Crippen LogP contribution in [-0.2, 0) is 16.1 Å². The van der Waals surface area contributed by atoms with Crippen molar-refractivity contribution < 1.29 is 19.5 Å². The predicted octanol–water partition coefficient (Wildman–Crippen LogP) is 0.630. The third kappa shape index (κ3) is 4.32. The molecule has 7 nitrogen and oxygen atoms in total. The summed E-state index contributed by atoms with van der Waals surface area (Å²) in [5, 5.41) is 14.5. The molecule has 2 rings (SSSR count). The van der Waals surface area contributed by atoms with Gasteiger partial charge in [0.1, 0.15) is 6.04 Å². The Labute approximate surface area is 141 Å². The molecule has 0 aliphatic carbocycles. The number of hydrogen-bond donors (Lipinski definition) is 3. The molecule has 0 unspecified atom stereocenters. The average molecular weight is 333 g/mol. The summed E-state index contributed by atoms with van der Waals surface area (Å²) in [7, 11) is 0. The first-order valence-corrected chi connectivity index (χ1v) is 7.98. The topological polar surface area (TPSA) is 98.7 Å². The summed E-state index contributed by atoms with van der Waals surface area (Å²) in [5.41, 5.74) is 0.839. The van der Waals surface area contributed by atoms with Crippen LogP contribution in [0.4, 0.5) is 4.79 Å². The number of urea groups is 1. The fourth-order valence-electron chi connectivity index (χ4n) is 2.51. The molecule has 24 heavy (non-hydrogen) atoms. The van der Waals surface area contributed by atoms with E-state index < -0.39 is 18.0 Å². The van der Waals surface area contributed by atoms with E-state index in [2.05, 4.69) is 10.6 Å². The van der Waals surface area contributed by atoms with Crippen LogP contribution in [0.3, 0.4) is 0 Å². The molecule has 1 aromatic carbocycles. The van der Waals surface area contributed by atoms with Crippen molar-refractivity contribution >= 4 is 17.8 Å². The van der Waals surface area contributed by atoms with Crippen LogP contribution in [0.1, 0.15) is 25.8 Å². The number of carbonyl (C=O) groups excluding carboxylic acids is 3. The van der Waals surface area contributed by atoms with Crippen molar-refractivity contribution in [1.82, 2.24) is 15.5 Å². The second-order valence-corrected chi connectivity index (χ2v) is 6.22. The molecular weight excluding hydrogens is 310 g/mol. The number of carbonyl (C=O) groups is 3. The Morgan fingerprint density at radius 2 is 1.96 bits per heavy atom. The molecule has 1 aliphatic rings. The molecule has 1 heterocycles. The fraction of sp³-hybridized carbons (Fsp3) is 0.471. The van der Waals surface area contributed by atoms with Gasteiger partial charge in [-0.3, -0.25) is 14.5 Å². The maximum Gasteiger partial charge on any atom is 0.325 e. The molecule has 1 saturated heterocycles. The molecule has 1 fully saturated rings. The Morgan fingerprint density at radius 3 is 2.54 bits per heavy atom. The number of aliphatic hydroxyl groups is 1. The molecule has 4 amide bonds. The van der Waals surface area contributed by atoms with Crippen molar-refractivity contribution in [3.05, 3.63) is 35.9 Å². The summed E-state index contributed by atoms with van der Waals surface area (Å²) in [4.78, 5) is 37.5. The number of nitrogens with zero attached hydrogens (tertiary/aromatic N) is 1. The highest BCUT2D eigenvalue weighted by Gasteiger charge is 2.39. The van der Waals surface area contributed by atoms with E-state index in [1.165, 1.54) is 0 Å². The molecule has 0 spiro atoms. The summed E-state index contributed by atoms with van der Waals surface area (Å²) in [6.45, 7) is 3.76. The second kappa shape index (κ2) is 7.92. The summed E-state index contributed by atoms with van der Waals surface area (Å²) in [6, 6.07) is 7.44. The van der Waals surface area contributed by atoms with Gasteiger partial charge in [0, 0.05) is 0 Å². The lowest BCUT2D eigenvalue weighted by molar-refractivity contribution is -0.131. The van der Waals surface area contributed by atoms with Gasteiger partial charge in [-0.25, -0.2) is 4.79 Å². The van der Waals surface area contributed by atoms with E-state index in [9.17, 15) is 19.5 Å². The normalized spacial score (nSPS) is 18.7. The van der Waals surface area contributed by atoms with Crippen molar-refractivity contribution in [3.63, 3.8) is 0 Å². The summed E-state index contributed by atoms with van der Waals surface area (Å²) >= 11 is 0. The molecule has 7 heteroatoms. The summed E-state index contributed by atoms with van der Waals surface area (Å²) in [5.74, 6) is -0.713. The first-order valence-electron chi connectivity index (χ1n) is 7.98. The van der Waals surface area contributed by atoms with Crippen LogP contribution in [-0.4, -0.2) is 46.5 Å². The first kappa shape index (κ1) is 17.9. The minimum atomic E-state index is -0.868. The number of amides is 4. The minimum Gasteiger partial charge on any atom is -0.394 e. The number of aliphatic hydroxyl groups excluding tert-OH is 1. The van der Waals surface area contributed by atoms with Gasteiger partial charge in [-0.15, -0.1) is 0 Å². The van der Waals surface area contributed by atoms with Crippen molar-refractivity contribution in [1.29, 1.82) is 0 Å². The third-order valence-corrected chi connectivity index (χ3v) is 4.03. The predicted molar refractivity (Wildman–Crippen MR) is 87.8 cm³/mol. The van der Waals surface area contributed by atoms with Crippen LogP contribution >= 0.6 is 0 Å². The highest BCUT2D eigenvalue weighted by molar-refractivity contribution is 6.05. The molecule has 1 aromatic rings.